The third-order valence-corrected chi connectivity index (χ3v) is 5.41. The van der Waals surface area contributed by atoms with Crippen molar-refractivity contribution >= 4 is 17.5 Å². The highest BCUT2D eigenvalue weighted by Crippen LogP contribution is 2.35. The minimum atomic E-state index is -0.810. The second-order valence-corrected chi connectivity index (χ2v) is 6.74. The molecule has 0 aromatic heterocycles. The van der Waals surface area contributed by atoms with Crippen LogP contribution in [0.4, 0.5) is 8.78 Å². The van der Waals surface area contributed by atoms with Crippen LogP contribution in [-0.2, 0) is 5.41 Å². The van der Waals surface area contributed by atoms with Crippen molar-refractivity contribution in [3.05, 3.63) is 70.2 Å². The fourth-order valence-electron chi connectivity index (χ4n) is 3.42. The lowest BCUT2D eigenvalue weighted by Gasteiger charge is -2.41. The number of hydrogen-bond donors (Lipinski definition) is 1. The molecule has 2 aromatic rings. The summed E-state index contributed by atoms with van der Waals surface area (Å²) in [6.07, 6.45) is 1.32. The van der Waals surface area contributed by atoms with Crippen LogP contribution in [0.15, 0.2) is 42.5 Å². The summed E-state index contributed by atoms with van der Waals surface area (Å²) in [5.41, 5.74) is 6.57. The van der Waals surface area contributed by atoms with Gasteiger partial charge in [-0.1, -0.05) is 41.9 Å². The van der Waals surface area contributed by atoms with E-state index in [1.807, 2.05) is 30.3 Å². The van der Waals surface area contributed by atoms with E-state index in [2.05, 4.69) is 0 Å². The lowest BCUT2D eigenvalue weighted by Crippen LogP contribution is -2.48. The summed E-state index contributed by atoms with van der Waals surface area (Å²) >= 11 is 5.81. The molecule has 3 rings (SSSR count). The Labute approximate surface area is 150 Å². The minimum Gasteiger partial charge on any atom is -0.338 e. The Balaban J connectivity index is 1.81. The topological polar surface area (TPSA) is 46.3 Å². The summed E-state index contributed by atoms with van der Waals surface area (Å²) in [6, 6.07) is 11.8. The first-order valence-corrected chi connectivity index (χ1v) is 8.55. The van der Waals surface area contributed by atoms with Crippen molar-refractivity contribution < 1.29 is 13.6 Å². The van der Waals surface area contributed by atoms with Gasteiger partial charge in [0.15, 0.2) is 0 Å². The third-order valence-electron chi connectivity index (χ3n) is 5.04. The van der Waals surface area contributed by atoms with Gasteiger partial charge in [0, 0.05) is 25.0 Å². The van der Waals surface area contributed by atoms with E-state index in [-0.39, 0.29) is 5.41 Å². The predicted octanol–water partition coefficient (Wildman–Crippen LogP) is 3.75. The molecule has 0 radical (unpaired) electrons. The van der Waals surface area contributed by atoms with Crippen molar-refractivity contribution in [2.24, 2.45) is 5.73 Å². The average Bonchev–Trinajstić information content (AvgIpc) is 2.66. The number of hydrogen-bond acceptors (Lipinski definition) is 2. The van der Waals surface area contributed by atoms with Gasteiger partial charge in [-0.2, -0.15) is 0 Å². The highest BCUT2D eigenvalue weighted by molar-refractivity contribution is 6.34. The van der Waals surface area contributed by atoms with Gasteiger partial charge in [0.2, 0.25) is 0 Å². The summed E-state index contributed by atoms with van der Waals surface area (Å²) in [5.74, 6) is -2.19. The number of amides is 1. The lowest BCUT2D eigenvalue weighted by molar-refractivity contribution is 0.0665. The molecule has 1 amide bonds. The Morgan fingerprint density at radius 2 is 1.68 bits per heavy atom. The number of likely N-dealkylation sites (tertiary alicyclic amines) is 1. The molecule has 25 heavy (non-hydrogen) atoms. The normalized spacial score (nSPS) is 16.7. The van der Waals surface area contributed by atoms with Crippen molar-refractivity contribution in [2.75, 3.05) is 19.6 Å². The van der Waals surface area contributed by atoms with Gasteiger partial charge in [-0.15, -0.1) is 0 Å². The van der Waals surface area contributed by atoms with Gasteiger partial charge in [0.1, 0.15) is 11.6 Å². The van der Waals surface area contributed by atoms with Crippen molar-refractivity contribution in [2.45, 2.75) is 18.3 Å². The molecule has 1 aliphatic heterocycles. The van der Waals surface area contributed by atoms with Gasteiger partial charge in [0.25, 0.3) is 5.91 Å². The quantitative estimate of drug-likeness (QED) is 0.843. The van der Waals surface area contributed by atoms with E-state index in [0.29, 0.717) is 32.5 Å². The fourth-order valence-corrected chi connectivity index (χ4v) is 3.66. The van der Waals surface area contributed by atoms with Crippen LogP contribution in [0.5, 0.6) is 0 Å². The standard InChI is InChI=1S/C19H19ClF2N2O/c20-17-15(22)7-6-14(21)16(17)18(25)24-10-8-19(12-23,9-11-24)13-4-2-1-3-5-13/h1-7H,8-12,23H2. The molecule has 1 heterocycles. The summed E-state index contributed by atoms with van der Waals surface area (Å²) in [6.45, 7) is 1.29. The number of carbonyl (C=O) groups is 1. The highest BCUT2D eigenvalue weighted by atomic mass is 35.5. The molecular weight excluding hydrogens is 346 g/mol. The Kier molecular flexibility index (Phi) is 5.06. The Morgan fingerprint density at radius 1 is 1.08 bits per heavy atom. The van der Waals surface area contributed by atoms with E-state index in [0.717, 1.165) is 17.7 Å². The van der Waals surface area contributed by atoms with E-state index >= 15 is 0 Å². The van der Waals surface area contributed by atoms with Crippen LogP contribution in [0.2, 0.25) is 5.02 Å². The van der Waals surface area contributed by atoms with Crippen molar-refractivity contribution in [1.29, 1.82) is 0 Å². The zero-order valence-corrected chi connectivity index (χ0v) is 14.4. The van der Waals surface area contributed by atoms with Gasteiger partial charge in [-0.3, -0.25) is 4.79 Å². The average molecular weight is 365 g/mol. The fraction of sp³-hybridized carbons (Fsp3) is 0.316. The molecule has 0 saturated carbocycles. The Bertz CT molecular complexity index is 774. The lowest BCUT2D eigenvalue weighted by atomic mass is 9.73. The number of nitrogens with zero attached hydrogens (tertiary/aromatic N) is 1. The number of rotatable bonds is 3. The SMILES string of the molecule is NCC1(c2ccccc2)CCN(C(=O)c2c(F)ccc(F)c2Cl)CC1. The highest BCUT2D eigenvalue weighted by Gasteiger charge is 2.37. The van der Waals surface area contributed by atoms with Crippen LogP contribution in [0, 0.1) is 11.6 Å². The van der Waals surface area contributed by atoms with Crippen molar-refractivity contribution in [3.63, 3.8) is 0 Å². The molecule has 6 heteroatoms. The van der Waals surface area contributed by atoms with E-state index < -0.39 is 28.1 Å². The summed E-state index contributed by atoms with van der Waals surface area (Å²) < 4.78 is 27.6. The zero-order chi connectivity index (χ0) is 18.0. The maximum absolute atomic E-state index is 14.0. The molecule has 0 spiro atoms. The van der Waals surface area contributed by atoms with Crippen LogP contribution in [0.25, 0.3) is 0 Å². The molecule has 1 aliphatic rings. The van der Waals surface area contributed by atoms with Crippen molar-refractivity contribution in [1.82, 2.24) is 4.90 Å². The molecule has 0 bridgehead atoms. The summed E-state index contributed by atoms with van der Waals surface area (Å²) in [4.78, 5) is 14.1. The third kappa shape index (κ3) is 3.26. The van der Waals surface area contributed by atoms with Gasteiger partial charge >= 0.3 is 0 Å². The van der Waals surface area contributed by atoms with Gasteiger partial charge in [0.05, 0.1) is 10.6 Å². The number of benzene rings is 2. The summed E-state index contributed by atoms with van der Waals surface area (Å²) in [5, 5.41) is -0.469. The maximum atomic E-state index is 14.0. The zero-order valence-electron chi connectivity index (χ0n) is 13.6. The molecule has 1 saturated heterocycles. The van der Waals surface area contributed by atoms with Crippen LogP contribution in [0.1, 0.15) is 28.8 Å². The minimum absolute atomic E-state index is 0.206. The maximum Gasteiger partial charge on any atom is 0.258 e. The first kappa shape index (κ1) is 17.8. The van der Waals surface area contributed by atoms with Gasteiger partial charge < -0.3 is 10.6 Å². The van der Waals surface area contributed by atoms with E-state index in [4.69, 9.17) is 17.3 Å². The summed E-state index contributed by atoms with van der Waals surface area (Å²) in [7, 11) is 0. The van der Waals surface area contributed by atoms with Gasteiger partial charge in [-0.05, 0) is 30.5 Å². The first-order valence-electron chi connectivity index (χ1n) is 8.17. The molecule has 0 aliphatic carbocycles. The molecule has 1 fully saturated rings. The molecule has 132 valence electrons. The molecule has 2 aromatic carbocycles. The van der Waals surface area contributed by atoms with E-state index in [1.54, 1.807) is 0 Å². The second-order valence-electron chi connectivity index (χ2n) is 6.36. The van der Waals surface area contributed by atoms with E-state index in [9.17, 15) is 13.6 Å². The predicted molar refractivity (Wildman–Crippen MR) is 93.7 cm³/mol. The monoisotopic (exact) mass is 364 g/mol. The number of carbonyl (C=O) groups excluding carboxylic acids is 1. The largest absolute Gasteiger partial charge is 0.338 e. The molecule has 3 nitrogen and oxygen atoms in total. The van der Waals surface area contributed by atoms with Crippen LogP contribution in [-0.4, -0.2) is 30.4 Å². The molecular formula is C19H19ClF2N2O. The van der Waals surface area contributed by atoms with Gasteiger partial charge in [-0.25, -0.2) is 8.78 Å². The Morgan fingerprint density at radius 3 is 2.28 bits per heavy atom. The molecule has 0 unspecified atom stereocenters. The van der Waals surface area contributed by atoms with Crippen LogP contribution in [0.3, 0.4) is 0 Å². The number of nitrogens with two attached hydrogens (primary N) is 1. The number of piperidine rings is 1. The van der Waals surface area contributed by atoms with E-state index in [1.165, 1.54) is 4.90 Å². The first-order chi connectivity index (χ1) is 12.0. The molecule has 0 atom stereocenters. The van der Waals surface area contributed by atoms with Crippen LogP contribution < -0.4 is 5.73 Å². The van der Waals surface area contributed by atoms with Crippen LogP contribution >= 0.6 is 11.6 Å². The molecule has 2 N–H and O–H groups in total. The number of halogens is 3. The Hall–Kier alpha value is -1.98. The van der Waals surface area contributed by atoms with Crippen molar-refractivity contribution in [3.8, 4) is 0 Å². The smallest absolute Gasteiger partial charge is 0.258 e. The second kappa shape index (κ2) is 7.10.